The fourth-order valence-electron chi connectivity index (χ4n) is 1.64. The lowest BCUT2D eigenvalue weighted by molar-refractivity contribution is 0.594. The summed E-state index contributed by atoms with van der Waals surface area (Å²) >= 11 is 6.68. The van der Waals surface area contributed by atoms with Crippen molar-refractivity contribution in [1.29, 1.82) is 0 Å². The molecule has 2 nitrogen and oxygen atoms in total. The molecule has 1 aromatic carbocycles. The number of fused-ring (bicyclic) bond motifs is 1. The zero-order valence-corrected chi connectivity index (χ0v) is 11.4. The molecule has 76 valence electrons. The minimum Gasteiger partial charge on any atom is -0.222 e. The van der Waals surface area contributed by atoms with E-state index in [-0.39, 0.29) is 0 Å². The van der Waals surface area contributed by atoms with E-state index in [0.717, 1.165) is 5.56 Å². The Hall–Kier alpha value is 0.130. The molecular weight excluding hydrogens is 332 g/mol. The van der Waals surface area contributed by atoms with Gasteiger partial charge in [-0.05, 0) is 18.6 Å². The number of hydrogen-bond acceptors (Lipinski definition) is 2. The Kier molecular flexibility index (Phi) is 2.33. The van der Waals surface area contributed by atoms with Crippen LogP contribution >= 0.6 is 31.9 Å². The molecule has 1 aromatic rings. The second-order valence-corrected chi connectivity index (χ2v) is 8.60. The molecule has 0 N–H and O–H groups in total. The van der Waals surface area contributed by atoms with Gasteiger partial charge in [-0.1, -0.05) is 50.1 Å². The first-order valence-electron chi connectivity index (χ1n) is 4.05. The van der Waals surface area contributed by atoms with Crippen molar-refractivity contribution in [2.24, 2.45) is 0 Å². The van der Waals surface area contributed by atoms with E-state index in [2.05, 4.69) is 31.9 Å². The molecular formula is C9H8Br2O2S. The number of alkyl halides is 2. The van der Waals surface area contributed by atoms with E-state index in [0.29, 0.717) is 4.90 Å². The SMILES string of the molecule is CC1(Br)c2ccccc2S(=O)(=O)C1Br. The number of benzene rings is 1. The summed E-state index contributed by atoms with van der Waals surface area (Å²) in [5, 5.41) is 0. The van der Waals surface area contributed by atoms with Crippen molar-refractivity contribution in [3.63, 3.8) is 0 Å². The normalized spacial score (nSPS) is 34.1. The van der Waals surface area contributed by atoms with Crippen molar-refractivity contribution in [2.75, 3.05) is 0 Å². The number of hydrogen-bond donors (Lipinski definition) is 0. The second kappa shape index (κ2) is 3.06. The molecule has 2 atom stereocenters. The van der Waals surface area contributed by atoms with Crippen LogP contribution in [0.1, 0.15) is 12.5 Å². The van der Waals surface area contributed by atoms with Crippen LogP contribution in [0.3, 0.4) is 0 Å². The van der Waals surface area contributed by atoms with Crippen LogP contribution in [-0.4, -0.2) is 12.6 Å². The molecule has 1 aliphatic heterocycles. The lowest BCUT2D eigenvalue weighted by atomic mass is 10.0. The smallest absolute Gasteiger partial charge is 0.193 e. The third-order valence-corrected chi connectivity index (χ3v) is 8.60. The number of halogens is 2. The lowest BCUT2D eigenvalue weighted by Crippen LogP contribution is -2.23. The molecule has 0 spiro atoms. The van der Waals surface area contributed by atoms with Gasteiger partial charge in [-0.15, -0.1) is 0 Å². The molecule has 5 heteroatoms. The van der Waals surface area contributed by atoms with Gasteiger partial charge in [-0.3, -0.25) is 0 Å². The summed E-state index contributed by atoms with van der Waals surface area (Å²) in [6.45, 7) is 1.86. The first-order valence-corrected chi connectivity index (χ1v) is 7.30. The van der Waals surface area contributed by atoms with E-state index in [9.17, 15) is 8.42 Å². The monoisotopic (exact) mass is 338 g/mol. The van der Waals surface area contributed by atoms with Gasteiger partial charge in [0.05, 0.1) is 9.22 Å². The van der Waals surface area contributed by atoms with Crippen LogP contribution in [0.5, 0.6) is 0 Å². The van der Waals surface area contributed by atoms with E-state index < -0.39 is 18.3 Å². The molecule has 0 saturated heterocycles. The third-order valence-electron chi connectivity index (χ3n) is 2.42. The Morgan fingerprint density at radius 3 is 2.50 bits per heavy atom. The zero-order valence-electron chi connectivity index (χ0n) is 7.37. The molecule has 0 bridgehead atoms. The minimum absolute atomic E-state index is 0.418. The highest BCUT2D eigenvalue weighted by atomic mass is 79.9. The quantitative estimate of drug-likeness (QED) is 0.681. The Balaban J connectivity index is 2.83. The summed E-state index contributed by atoms with van der Waals surface area (Å²) in [6, 6.07) is 7.07. The van der Waals surface area contributed by atoms with Gasteiger partial charge in [0.25, 0.3) is 0 Å². The summed E-state index contributed by atoms with van der Waals surface area (Å²) in [6.07, 6.45) is 0. The average molecular weight is 340 g/mol. The molecule has 1 heterocycles. The van der Waals surface area contributed by atoms with Crippen molar-refractivity contribution < 1.29 is 8.42 Å². The second-order valence-electron chi connectivity index (χ2n) is 3.43. The summed E-state index contributed by atoms with van der Waals surface area (Å²) in [5.74, 6) is 0. The van der Waals surface area contributed by atoms with Crippen LogP contribution < -0.4 is 0 Å². The van der Waals surface area contributed by atoms with Crippen molar-refractivity contribution in [1.82, 2.24) is 0 Å². The Bertz CT molecular complexity index is 479. The minimum atomic E-state index is -3.22. The van der Waals surface area contributed by atoms with Crippen LogP contribution in [0.4, 0.5) is 0 Å². The largest absolute Gasteiger partial charge is 0.222 e. The van der Waals surface area contributed by atoms with E-state index in [1.54, 1.807) is 12.1 Å². The summed E-state index contributed by atoms with van der Waals surface area (Å²) < 4.78 is 22.7. The molecule has 2 unspecified atom stereocenters. The first kappa shape index (κ1) is 10.6. The highest BCUT2D eigenvalue weighted by molar-refractivity contribution is 9.13. The molecule has 0 aliphatic carbocycles. The maximum atomic E-state index is 11.9. The van der Waals surface area contributed by atoms with Crippen LogP contribution in [0, 0.1) is 0 Å². The van der Waals surface area contributed by atoms with Gasteiger partial charge in [-0.2, -0.15) is 0 Å². The standard InChI is InChI=1S/C9H8Br2O2S/c1-9(11)6-4-2-3-5-7(6)14(12,13)8(9)10/h2-5,8H,1H3. The molecule has 0 fully saturated rings. The van der Waals surface area contributed by atoms with Gasteiger partial charge in [0.2, 0.25) is 0 Å². The van der Waals surface area contributed by atoms with Crippen molar-refractivity contribution >= 4 is 41.7 Å². The van der Waals surface area contributed by atoms with Crippen LogP contribution in [0.2, 0.25) is 0 Å². The Morgan fingerprint density at radius 1 is 1.36 bits per heavy atom. The topological polar surface area (TPSA) is 34.1 Å². The Labute approximate surface area is 99.9 Å². The molecule has 14 heavy (non-hydrogen) atoms. The van der Waals surface area contributed by atoms with Crippen molar-refractivity contribution in [3.05, 3.63) is 29.8 Å². The maximum absolute atomic E-state index is 11.9. The van der Waals surface area contributed by atoms with E-state index in [1.807, 2.05) is 19.1 Å². The first-order chi connectivity index (χ1) is 6.38. The van der Waals surface area contributed by atoms with E-state index >= 15 is 0 Å². The predicted octanol–water partition coefficient (Wildman–Crippen LogP) is 2.81. The Morgan fingerprint density at radius 2 is 1.93 bits per heavy atom. The molecule has 0 aromatic heterocycles. The zero-order chi connectivity index (χ0) is 10.6. The summed E-state index contributed by atoms with van der Waals surface area (Å²) in [7, 11) is -3.22. The van der Waals surface area contributed by atoms with Gasteiger partial charge in [0.15, 0.2) is 9.84 Å². The lowest BCUT2D eigenvalue weighted by Gasteiger charge is -2.18. The third kappa shape index (κ3) is 1.22. The highest BCUT2D eigenvalue weighted by Crippen LogP contribution is 2.51. The van der Waals surface area contributed by atoms with Crippen molar-refractivity contribution in [3.8, 4) is 0 Å². The van der Waals surface area contributed by atoms with Gasteiger partial charge >= 0.3 is 0 Å². The van der Waals surface area contributed by atoms with Gasteiger partial charge in [0, 0.05) is 0 Å². The molecule has 1 aliphatic rings. The molecule has 0 amide bonds. The molecule has 2 rings (SSSR count). The number of rotatable bonds is 0. The van der Waals surface area contributed by atoms with Crippen LogP contribution in [0.25, 0.3) is 0 Å². The fourth-order valence-corrected chi connectivity index (χ4v) is 5.50. The highest BCUT2D eigenvalue weighted by Gasteiger charge is 2.50. The fraction of sp³-hybridized carbons (Fsp3) is 0.333. The van der Waals surface area contributed by atoms with E-state index in [4.69, 9.17) is 0 Å². The van der Waals surface area contributed by atoms with Crippen LogP contribution in [0.15, 0.2) is 29.2 Å². The maximum Gasteiger partial charge on any atom is 0.193 e. The van der Waals surface area contributed by atoms with Gasteiger partial charge in [0.1, 0.15) is 4.16 Å². The van der Waals surface area contributed by atoms with Crippen LogP contribution in [-0.2, 0) is 14.2 Å². The molecule has 0 saturated carbocycles. The predicted molar refractivity (Wildman–Crippen MR) is 62.6 cm³/mol. The average Bonchev–Trinajstić information content (AvgIpc) is 2.28. The van der Waals surface area contributed by atoms with Gasteiger partial charge < -0.3 is 0 Å². The number of sulfone groups is 1. The summed E-state index contributed by atoms with van der Waals surface area (Å²) in [4.78, 5) is 0.418. The summed E-state index contributed by atoms with van der Waals surface area (Å²) in [5.41, 5.74) is 0.821. The van der Waals surface area contributed by atoms with Crippen molar-refractivity contribution in [2.45, 2.75) is 20.3 Å². The molecule has 0 radical (unpaired) electrons. The van der Waals surface area contributed by atoms with Gasteiger partial charge in [-0.25, -0.2) is 8.42 Å². The van der Waals surface area contributed by atoms with E-state index in [1.165, 1.54) is 0 Å².